The summed E-state index contributed by atoms with van der Waals surface area (Å²) >= 11 is 0. The summed E-state index contributed by atoms with van der Waals surface area (Å²) in [5, 5.41) is 0. The van der Waals surface area contributed by atoms with E-state index in [9.17, 15) is 0 Å². The van der Waals surface area contributed by atoms with Gasteiger partial charge in [0.25, 0.3) is 0 Å². The van der Waals surface area contributed by atoms with Gasteiger partial charge in [-0.25, -0.2) is 0 Å². The first-order chi connectivity index (χ1) is 4.29. The van der Waals surface area contributed by atoms with Gasteiger partial charge in [0.1, 0.15) is 0 Å². The number of rotatable bonds is 2. The summed E-state index contributed by atoms with van der Waals surface area (Å²) in [5.74, 6) is 2.74. The minimum Gasteiger partial charge on any atom is -0.330 e. The predicted molar refractivity (Wildman–Crippen MR) is 40.1 cm³/mol. The van der Waals surface area contributed by atoms with Crippen molar-refractivity contribution in [1.29, 1.82) is 0 Å². The highest BCUT2D eigenvalue weighted by molar-refractivity contribution is 4.85. The Morgan fingerprint density at radius 3 is 2.44 bits per heavy atom. The highest BCUT2D eigenvalue weighted by atomic mass is 14.6. The molecule has 0 aromatic heterocycles. The zero-order valence-electron chi connectivity index (χ0n) is 6.43. The molecule has 0 radical (unpaired) electrons. The van der Waals surface area contributed by atoms with E-state index in [4.69, 9.17) is 5.73 Å². The van der Waals surface area contributed by atoms with Gasteiger partial charge in [0.15, 0.2) is 0 Å². The van der Waals surface area contributed by atoms with Gasteiger partial charge in [-0.1, -0.05) is 20.3 Å². The van der Waals surface area contributed by atoms with Crippen LogP contribution in [0.1, 0.15) is 26.7 Å². The average Bonchev–Trinajstić information content (AvgIpc) is 1.83. The van der Waals surface area contributed by atoms with Crippen LogP contribution in [0.15, 0.2) is 0 Å². The molecule has 3 atom stereocenters. The van der Waals surface area contributed by atoms with Gasteiger partial charge in [0.2, 0.25) is 0 Å². The van der Waals surface area contributed by atoms with Crippen molar-refractivity contribution in [3.05, 3.63) is 0 Å². The Morgan fingerprint density at radius 1 is 1.56 bits per heavy atom. The molecule has 1 nitrogen and oxygen atoms in total. The zero-order valence-corrected chi connectivity index (χ0v) is 6.43. The molecule has 0 amide bonds. The van der Waals surface area contributed by atoms with E-state index in [-0.39, 0.29) is 0 Å². The third-order valence-electron chi connectivity index (χ3n) is 2.79. The molecule has 0 spiro atoms. The summed E-state index contributed by atoms with van der Waals surface area (Å²) in [6, 6.07) is 0. The first-order valence-electron chi connectivity index (χ1n) is 3.99. The maximum absolute atomic E-state index is 5.56. The summed E-state index contributed by atoms with van der Waals surface area (Å²) in [5.41, 5.74) is 5.56. The maximum Gasteiger partial charge on any atom is -0.00460 e. The van der Waals surface area contributed by atoms with E-state index >= 15 is 0 Å². The smallest absolute Gasteiger partial charge is 0.00460 e. The van der Waals surface area contributed by atoms with Crippen molar-refractivity contribution in [2.24, 2.45) is 23.5 Å². The van der Waals surface area contributed by atoms with Gasteiger partial charge in [-0.2, -0.15) is 0 Å². The Kier molecular flexibility index (Phi) is 2.12. The zero-order chi connectivity index (χ0) is 6.85. The molecule has 1 rings (SSSR count). The fourth-order valence-electron chi connectivity index (χ4n) is 2.10. The van der Waals surface area contributed by atoms with Crippen molar-refractivity contribution in [3.8, 4) is 0 Å². The Bertz CT molecular complexity index is 90.6. The van der Waals surface area contributed by atoms with Crippen molar-refractivity contribution in [2.75, 3.05) is 6.54 Å². The van der Waals surface area contributed by atoms with Crippen LogP contribution in [0.4, 0.5) is 0 Å². The van der Waals surface area contributed by atoms with Crippen LogP contribution in [-0.2, 0) is 0 Å². The Hall–Kier alpha value is -0.0400. The SMILES string of the molecule is CCC1C(C)CC1CN. The van der Waals surface area contributed by atoms with E-state index in [0.717, 1.165) is 24.3 Å². The molecule has 1 aliphatic carbocycles. The number of nitrogens with two attached hydrogens (primary N) is 1. The van der Waals surface area contributed by atoms with Crippen molar-refractivity contribution in [3.63, 3.8) is 0 Å². The van der Waals surface area contributed by atoms with Crippen LogP contribution in [0.25, 0.3) is 0 Å². The third-order valence-corrected chi connectivity index (χ3v) is 2.79. The van der Waals surface area contributed by atoms with Crippen LogP contribution >= 0.6 is 0 Å². The van der Waals surface area contributed by atoms with Crippen molar-refractivity contribution in [1.82, 2.24) is 0 Å². The molecule has 1 heteroatoms. The second kappa shape index (κ2) is 2.70. The summed E-state index contributed by atoms with van der Waals surface area (Å²) in [4.78, 5) is 0. The van der Waals surface area contributed by atoms with E-state index in [1.165, 1.54) is 12.8 Å². The van der Waals surface area contributed by atoms with Crippen molar-refractivity contribution < 1.29 is 0 Å². The Morgan fingerprint density at radius 2 is 2.22 bits per heavy atom. The largest absolute Gasteiger partial charge is 0.330 e. The van der Waals surface area contributed by atoms with Crippen LogP contribution in [0, 0.1) is 17.8 Å². The van der Waals surface area contributed by atoms with E-state index in [2.05, 4.69) is 13.8 Å². The van der Waals surface area contributed by atoms with Crippen LogP contribution in [-0.4, -0.2) is 6.54 Å². The van der Waals surface area contributed by atoms with E-state index in [0.29, 0.717) is 0 Å². The topological polar surface area (TPSA) is 26.0 Å². The molecule has 0 aromatic rings. The van der Waals surface area contributed by atoms with Gasteiger partial charge < -0.3 is 5.73 Å². The molecule has 0 saturated heterocycles. The summed E-state index contributed by atoms with van der Waals surface area (Å²) in [7, 11) is 0. The minimum absolute atomic E-state index is 0.852. The molecule has 0 aromatic carbocycles. The van der Waals surface area contributed by atoms with E-state index in [1.54, 1.807) is 0 Å². The summed E-state index contributed by atoms with van der Waals surface area (Å²) < 4.78 is 0. The molecule has 0 bridgehead atoms. The molecule has 1 fully saturated rings. The van der Waals surface area contributed by atoms with Crippen LogP contribution < -0.4 is 5.73 Å². The lowest BCUT2D eigenvalue weighted by molar-refractivity contribution is 0.0889. The lowest BCUT2D eigenvalue weighted by atomic mass is 9.64. The lowest BCUT2D eigenvalue weighted by Gasteiger charge is -2.42. The van der Waals surface area contributed by atoms with Crippen LogP contribution in [0.3, 0.4) is 0 Å². The number of hydrogen-bond acceptors (Lipinski definition) is 1. The average molecular weight is 127 g/mol. The van der Waals surface area contributed by atoms with E-state index < -0.39 is 0 Å². The molecule has 54 valence electrons. The molecular formula is C8H17N. The van der Waals surface area contributed by atoms with Gasteiger partial charge in [-0.3, -0.25) is 0 Å². The van der Waals surface area contributed by atoms with Gasteiger partial charge >= 0.3 is 0 Å². The second-order valence-electron chi connectivity index (χ2n) is 3.28. The minimum atomic E-state index is 0.852. The molecule has 9 heavy (non-hydrogen) atoms. The summed E-state index contributed by atoms with van der Waals surface area (Å²) in [6.07, 6.45) is 2.69. The van der Waals surface area contributed by atoms with Gasteiger partial charge in [0, 0.05) is 0 Å². The van der Waals surface area contributed by atoms with Crippen LogP contribution in [0.2, 0.25) is 0 Å². The molecule has 3 unspecified atom stereocenters. The predicted octanol–water partition coefficient (Wildman–Crippen LogP) is 1.63. The summed E-state index contributed by atoms with van der Waals surface area (Å²) in [6.45, 7) is 5.51. The van der Waals surface area contributed by atoms with E-state index in [1.807, 2.05) is 0 Å². The standard InChI is InChI=1S/C8H17N/c1-3-8-6(2)4-7(8)5-9/h6-8H,3-5,9H2,1-2H3. The van der Waals surface area contributed by atoms with Crippen molar-refractivity contribution >= 4 is 0 Å². The van der Waals surface area contributed by atoms with Crippen LogP contribution in [0.5, 0.6) is 0 Å². The monoisotopic (exact) mass is 127 g/mol. The molecule has 1 saturated carbocycles. The van der Waals surface area contributed by atoms with Gasteiger partial charge in [0.05, 0.1) is 0 Å². The lowest BCUT2D eigenvalue weighted by Crippen LogP contribution is -2.39. The molecule has 2 N–H and O–H groups in total. The van der Waals surface area contributed by atoms with Crippen molar-refractivity contribution in [2.45, 2.75) is 26.7 Å². The first-order valence-corrected chi connectivity index (χ1v) is 3.99. The Labute approximate surface area is 57.6 Å². The molecule has 1 aliphatic rings. The first kappa shape index (κ1) is 7.07. The van der Waals surface area contributed by atoms with Gasteiger partial charge in [-0.05, 0) is 30.7 Å². The quantitative estimate of drug-likeness (QED) is 0.599. The molecule has 0 heterocycles. The number of hydrogen-bond donors (Lipinski definition) is 1. The highest BCUT2D eigenvalue weighted by Gasteiger charge is 2.34. The second-order valence-corrected chi connectivity index (χ2v) is 3.28. The Balaban J connectivity index is 2.29. The highest BCUT2D eigenvalue weighted by Crippen LogP contribution is 2.41. The van der Waals surface area contributed by atoms with Gasteiger partial charge in [-0.15, -0.1) is 0 Å². The fraction of sp³-hybridized carbons (Fsp3) is 1.00. The normalized spacial score (nSPS) is 42.3. The molecule has 0 aliphatic heterocycles. The fourth-order valence-corrected chi connectivity index (χ4v) is 2.10. The molecular weight excluding hydrogens is 110 g/mol. The third kappa shape index (κ3) is 1.11. The maximum atomic E-state index is 5.56.